The van der Waals surface area contributed by atoms with Gasteiger partial charge in [0.2, 0.25) is 12.7 Å². The number of amides is 2. The Bertz CT molecular complexity index is 1140. The molecule has 1 saturated carbocycles. The highest BCUT2D eigenvalue weighted by Gasteiger charge is 2.49. The number of hydrogen-bond donors (Lipinski definition) is 1. The van der Waals surface area contributed by atoms with Crippen molar-refractivity contribution in [2.75, 3.05) is 18.3 Å². The Balaban J connectivity index is 1.55. The molecule has 1 fully saturated rings. The molecule has 1 aliphatic carbocycles. The maximum Gasteiger partial charge on any atom is 0.358 e. The Morgan fingerprint density at radius 2 is 1.94 bits per heavy atom. The number of carbonyl (C=O) groups is 3. The van der Waals surface area contributed by atoms with Crippen LogP contribution in [0.4, 0.5) is 5.69 Å². The maximum absolute atomic E-state index is 13.8. The SMILES string of the molecule is CCOC(=O)c1cc2n(n1)CC(C)(C(=O)NC1CCCCC1)N(c1ccc3c(c1)OCO3)C2=O. The number of aromatic nitrogens is 2. The van der Waals surface area contributed by atoms with Crippen LogP contribution in [0.2, 0.25) is 0 Å². The van der Waals surface area contributed by atoms with Crippen LogP contribution in [0.15, 0.2) is 24.3 Å². The zero-order valence-electron chi connectivity index (χ0n) is 19.3. The van der Waals surface area contributed by atoms with Crippen LogP contribution in [0.3, 0.4) is 0 Å². The predicted octanol–water partition coefficient (Wildman–Crippen LogP) is 2.66. The molecule has 2 aromatic rings. The molecule has 2 amide bonds. The average Bonchev–Trinajstić information content (AvgIpc) is 3.46. The van der Waals surface area contributed by atoms with Crippen LogP contribution in [-0.2, 0) is 16.1 Å². The van der Waals surface area contributed by atoms with Gasteiger partial charge in [-0.3, -0.25) is 19.2 Å². The number of carbonyl (C=O) groups excluding carboxylic acids is 3. The van der Waals surface area contributed by atoms with Gasteiger partial charge < -0.3 is 19.5 Å². The summed E-state index contributed by atoms with van der Waals surface area (Å²) in [7, 11) is 0. The lowest BCUT2D eigenvalue weighted by Crippen LogP contribution is -2.65. The summed E-state index contributed by atoms with van der Waals surface area (Å²) in [6.07, 6.45) is 5.13. The highest BCUT2D eigenvalue weighted by Crippen LogP contribution is 2.40. The minimum atomic E-state index is -1.28. The Morgan fingerprint density at radius 3 is 2.71 bits per heavy atom. The molecule has 2 aliphatic heterocycles. The number of ether oxygens (including phenoxy) is 3. The van der Waals surface area contributed by atoms with Gasteiger partial charge in [0, 0.05) is 23.9 Å². The summed E-state index contributed by atoms with van der Waals surface area (Å²) in [6, 6.07) is 6.64. The number of anilines is 1. The molecule has 1 N–H and O–H groups in total. The topological polar surface area (TPSA) is 112 Å². The first kappa shape index (κ1) is 22.2. The summed E-state index contributed by atoms with van der Waals surface area (Å²) >= 11 is 0. The lowest BCUT2D eigenvalue weighted by molar-refractivity contribution is -0.127. The van der Waals surface area contributed by atoms with Crippen molar-refractivity contribution in [2.24, 2.45) is 0 Å². The molecule has 1 aromatic heterocycles. The fourth-order valence-corrected chi connectivity index (χ4v) is 4.90. The largest absolute Gasteiger partial charge is 0.461 e. The second-order valence-corrected chi connectivity index (χ2v) is 9.05. The van der Waals surface area contributed by atoms with Crippen LogP contribution in [0.5, 0.6) is 11.5 Å². The van der Waals surface area contributed by atoms with Crippen molar-refractivity contribution in [3.8, 4) is 11.5 Å². The van der Waals surface area contributed by atoms with E-state index in [2.05, 4.69) is 10.4 Å². The third-order valence-corrected chi connectivity index (χ3v) is 6.68. The van der Waals surface area contributed by atoms with Gasteiger partial charge in [-0.1, -0.05) is 19.3 Å². The molecular formula is C24H28N4O6. The quantitative estimate of drug-likeness (QED) is 0.672. The van der Waals surface area contributed by atoms with Crippen LogP contribution < -0.4 is 19.7 Å². The number of fused-ring (bicyclic) bond motifs is 2. The Labute approximate surface area is 197 Å². The molecule has 3 aliphatic rings. The maximum atomic E-state index is 13.8. The van der Waals surface area contributed by atoms with Gasteiger partial charge in [-0.25, -0.2) is 4.79 Å². The van der Waals surface area contributed by atoms with Crippen molar-refractivity contribution >= 4 is 23.5 Å². The third kappa shape index (κ3) is 3.76. The van der Waals surface area contributed by atoms with E-state index in [0.717, 1.165) is 25.7 Å². The zero-order valence-corrected chi connectivity index (χ0v) is 19.3. The Hall–Kier alpha value is -3.56. The first-order chi connectivity index (χ1) is 16.4. The van der Waals surface area contributed by atoms with Gasteiger partial charge in [-0.05, 0) is 38.8 Å². The summed E-state index contributed by atoms with van der Waals surface area (Å²) < 4.78 is 17.4. The van der Waals surface area contributed by atoms with Crippen molar-refractivity contribution in [1.82, 2.24) is 15.1 Å². The van der Waals surface area contributed by atoms with Gasteiger partial charge in [0.15, 0.2) is 17.2 Å². The first-order valence-electron chi connectivity index (χ1n) is 11.7. The molecule has 0 bridgehead atoms. The first-order valence-corrected chi connectivity index (χ1v) is 11.7. The van der Waals surface area contributed by atoms with E-state index in [0.29, 0.717) is 17.2 Å². The van der Waals surface area contributed by atoms with Crippen LogP contribution in [0.1, 0.15) is 66.9 Å². The van der Waals surface area contributed by atoms with Crippen molar-refractivity contribution in [2.45, 2.75) is 64.1 Å². The van der Waals surface area contributed by atoms with Crippen molar-refractivity contribution < 1.29 is 28.6 Å². The molecule has 34 heavy (non-hydrogen) atoms. The second kappa shape index (κ2) is 8.66. The minimum absolute atomic E-state index is 0.0350. The van der Waals surface area contributed by atoms with Gasteiger partial charge in [-0.15, -0.1) is 0 Å². The normalized spacial score (nSPS) is 21.8. The van der Waals surface area contributed by atoms with E-state index in [1.54, 1.807) is 32.0 Å². The van der Waals surface area contributed by atoms with E-state index in [1.807, 2.05) is 0 Å². The van der Waals surface area contributed by atoms with E-state index in [1.165, 1.54) is 22.1 Å². The zero-order chi connectivity index (χ0) is 23.9. The highest BCUT2D eigenvalue weighted by molar-refractivity contribution is 6.12. The van der Waals surface area contributed by atoms with E-state index < -0.39 is 17.4 Å². The van der Waals surface area contributed by atoms with Gasteiger partial charge in [0.05, 0.1) is 13.2 Å². The minimum Gasteiger partial charge on any atom is -0.461 e. The number of hydrogen-bond acceptors (Lipinski definition) is 7. The van der Waals surface area contributed by atoms with Gasteiger partial charge in [-0.2, -0.15) is 5.10 Å². The molecule has 0 spiro atoms. The second-order valence-electron chi connectivity index (χ2n) is 9.05. The molecule has 1 atom stereocenters. The number of nitrogens with one attached hydrogen (secondary N) is 1. The van der Waals surface area contributed by atoms with Gasteiger partial charge in [0.1, 0.15) is 11.2 Å². The monoisotopic (exact) mass is 468 g/mol. The lowest BCUT2D eigenvalue weighted by Gasteiger charge is -2.44. The van der Waals surface area contributed by atoms with Gasteiger partial charge >= 0.3 is 5.97 Å². The van der Waals surface area contributed by atoms with Crippen LogP contribution in [0, 0.1) is 0 Å². The van der Waals surface area contributed by atoms with Gasteiger partial charge in [0.25, 0.3) is 5.91 Å². The molecule has 10 heteroatoms. The Morgan fingerprint density at radius 1 is 1.18 bits per heavy atom. The molecule has 180 valence electrons. The summed E-state index contributed by atoms with van der Waals surface area (Å²) in [5, 5.41) is 7.46. The van der Waals surface area contributed by atoms with Crippen LogP contribution in [-0.4, -0.2) is 52.5 Å². The smallest absolute Gasteiger partial charge is 0.358 e. The summed E-state index contributed by atoms with van der Waals surface area (Å²) in [6.45, 7) is 3.80. The molecular weight excluding hydrogens is 440 g/mol. The van der Waals surface area contributed by atoms with Crippen molar-refractivity contribution in [1.29, 1.82) is 0 Å². The van der Waals surface area contributed by atoms with E-state index >= 15 is 0 Å². The summed E-state index contributed by atoms with van der Waals surface area (Å²) in [5.41, 5.74) is -0.537. The molecule has 5 rings (SSSR count). The number of esters is 1. The number of nitrogens with zero attached hydrogens (tertiary/aromatic N) is 3. The van der Waals surface area contributed by atoms with E-state index in [9.17, 15) is 14.4 Å². The average molecular weight is 469 g/mol. The fraction of sp³-hybridized carbons (Fsp3) is 0.500. The van der Waals surface area contributed by atoms with E-state index in [-0.39, 0.29) is 43.3 Å². The molecule has 10 nitrogen and oxygen atoms in total. The van der Waals surface area contributed by atoms with Crippen LogP contribution >= 0.6 is 0 Å². The highest BCUT2D eigenvalue weighted by atomic mass is 16.7. The molecule has 0 saturated heterocycles. The number of benzene rings is 1. The standard InChI is InChI=1S/C24H28N4O6/c1-3-32-22(30)17-12-18-21(29)28(16-9-10-19-20(11-16)34-14-33-19)24(2,13-27(18)26-17)23(31)25-15-7-5-4-6-8-15/h9-12,15H,3-8,13-14H2,1-2H3,(H,25,31). The molecule has 3 heterocycles. The van der Waals surface area contributed by atoms with Crippen molar-refractivity contribution in [3.63, 3.8) is 0 Å². The molecule has 0 radical (unpaired) electrons. The predicted molar refractivity (Wildman–Crippen MR) is 121 cm³/mol. The van der Waals surface area contributed by atoms with Crippen molar-refractivity contribution in [3.05, 3.63) is 35.7 Å². The third-order valence-electron chi connectivity index (χ3n) is 6.68. The lowest BCUT2D eigenvalue weighted by atomic mass is 9.91. The molecule has 1 aromatic carbocycles. The number of rotatable bonds is 5. The molecule has 1 unspecified atom stereocenters. The van der Waals surface area contributed by atoms with E-state index in [4.69, 9.17) is 14.2 Å². The summed E-state index contributed by atoms with van der Waals surface area (Å²) in [5.74, 6) is -0.221. The Kier molecular flexibility index (Phi) is 5.66. The summed E-state index contributed by atoms with van der Waals surface area (Å²) in [4.78, 5) is 41.2. The fourth-order valence-electron chi connectivity index (χ4n) is 4.90. The van der Waals surface area contributed by atoms with Crippen LogP contribution in [0.25, 0.3) is 0 Å².